The van der Waals surface area contributed by atoms with Crippen LogP contribution in [-0.4, -0.2) is 29.9 Å². The van der Waals surface area contributed by atoms with Gasteiger partial charge in [0.15, 0.2) is 11.1 Å². The van der Waals surface area contributed by atoms with Crippen LogP contribution in [0.1, 0.15) is 11.1 Å². The van der Waals surface area contributed by atoms with Gasteiger partial charge in [0, 0.05) is 24.3 Å². The highest BCUT2D eigenvalue weighted by Crippen LogP contribution is 2.47. The fourth-order valence-electron chi connectivity index (χ4n) is 2.61. The standard InChI is InChI=1S/C14H10N4O10/c19-5-7-1-9(15(21)22)13(10(2-7)16(23)24)14-11(17(25)26)3-8(6-20)4-12(14)18(27)28/h1-4,19-20H,5-6H2. The average molecular weight is 394 g/mol. The summed E-state index contributed by atoms with van der Waals surface area (Å²) >= 11 is 0. The largest absolute Gasteiger partial charge is 0.392 e. The van der Waals surface area contributed by atoms with E-state index < -0.39 is 66.8 Å². The molecule has 2 aromatic carbocycles. The third-order valence-corrected chi connectivity index (χ3v) is 3.71. The maximum Gasteiger partial charge on any atom is 0.285 e. The number of nitro groups is 4. The Kier molecular flexibility index (Phi) is 5.56. The van der Waals surface area contributed by atoms with Crippen LogP contribution in [0.25, 0.3) is 11.1 Å². The maximum atomic E-state index is 11.4. The van der Waals surface area contributed by atoms with E-state index in [0.717, 1.165) is 24.3 Å². The lowest BCUT2D eigenvalue weighted by atomic mass is 9.95. The van der Waals surface area contributed by atoms with Crippen LogP contribution in [0.4, 0.5) is 22.7 Å². The van der Waals surface area contributed by atoms with Crippen molar-refractivity contribution in [1.82, 2.24) is 0 Å². The second kappa shape index (κ2) is 7.68. The molecular weight excluding hydrogens is 384 g/mol. The molecular formula is C14H10N4O10. The Labute approximate surface area is 153 Å². The molecule has 14 nitrogen and oxygen atoms in total. The molecule has 0 saturated heterocycles. The second-order valence-electron chi connectivity index (χ2n) is 5.36. The van der Waals surface area contributed by atoms with Gasteiger partial charge in [0.05, 0.1) is 32.9 Å². The zero-order valence-corrected chi connectivity index (χ0v) is 13.7. The van der Waals surface area contributed by atoms with Crippen LogP contribution in [-0.2, 0) is 13.2 Å². The van der Waals surface area contributed by atoms with E-state index in [1.165, 1.54) is 0 Å². The quantitative estimate of drug-likeness (QED) is 0.514. The Morgan fingerprint density at radius 1 is 0.571 bits per heavy atom. The second-order valence-corrected chi connectivity index (χ2v) is 5.36. The first-order valence-electron chi connectivity index (χ1n) is 7.25. The summed E-state index contributed by atoms with van der Waals surface area (Å²) in [6.07, 6.45) is 0. The van der Waals surface area contributed by atoms with Gasteiger partial charge in [0.2, 0.25) is 0 Å². The van der Waals surface area contributed by atoms with Gasteiger partial charge in [-0.2, -0.15) is 0 Å². The molecule has 28 heavy (non-hydrogen) atoms. The van der Waals surface area contributed by atoms with Crippen molar-refractivity contribution >= 4 is 22.7 Å². The Morgan fingerprint density at radius 3 is 0.929 bits per heavy atom. The van der Waals surface area contributed by atoms with Crippen LogP contribution in [0.2, 0.25) is 0 Å². The molecule has 146 valence electrons. The lowest BCUT2D eigenvalue weighted by molar-refractivity contribution is -0.397. The van der Waals surface area contributed by atoms with Gasteiger partial charge in [-0.15, -0.1) is 0 Å². The van der Waals surface area contributed by atoms with Gasteiger partial charge in [-0.1, -0.05) is 0 Å². The Hall–Kier alpha value is -4.04. The van der Waals surface area contributed by atoms with E-state index >= 15 is 0 Å². The molecule has 0 aliphatic rings. The molecule has 2 aromatic rings. The fraction of sp³-hybridized carbons (Fsp3) is 0.143. The summed E-state index contributed by atoms with van der Waals surface area (Å²) in [4.78, 5) is 41.4. The van der Waals surface area contributed by atoms with E-state index in [-0.39, 0.29) is 11.1 Å². The van der Waals surface area contributed by atoms with Crippen molar-refractivity contribution in [2.75, 3.05) is 0 Å². The third kappa shape index (κ3) is 3.57. The summed E-state index contributed by atoms with van der Waals surface area (Å²) in [5, 5.41) is 64.1. The SMILES string of the molecule is O=[N+]([O-])c1cc(CO)cc([N+](=O)[O-])c1-c1c([N+](=O)[O-])cc(CO)cc1[N+](=O)[O-]. The zero-order valence-electron chi connectivity index (χ0n) is 13.7. The molecule has 0 aromatic heterocycles. The van der Waals surface area contributed by atoms with E-state index in [4.69, 9.17) is 0 Å². The summed E-state index contributed by atoms with van der Waals surface area (Å²) in [5.74, 6) is 0. The molecule has 0 heterocycles. The molecule has 0 bridgehead atoms. The van der Waals surface area contributed by atoms with Crippen molar-refractivity contribution in [2.24, 2.45) is 0 Å². The molecule has 2 rings (SSSR count). The first-order chi connectivity index (χ1) is 13.1. The molecule has 0 amide bonds. The number of hydrogen-bond donors (Lipinski definition) is 2. The summed E-state index contributed by atoms with van der Waals surface area (Å²) in [5.41, 5.74) is -6.48. The van der Waals surface area contributed by atoms with Crippen molar-refractivity contribution in [1.29, 1.82) is 0 Å². The first-order valence-corrected chi connectivity index (χ1v) is 7.25. The molecule has 14 heteroatoms. The lowest BCUT2D eigenvalue weighted by Gasteiger charge is -2.09. The topological polar surface area (TPSA) is 213 Å². The lowest BCUT2D eigenvalue weighted by Crippen LogP contribution is -2.05. The van der Waals surface area contributed by atoms with E-state index in [0.29, 0.717) is 0 Å². The average Bonchev–Trinajstić information content (AvgIpc) is 2.65. The first kappa shape index (κ1) is 20.3. The number of nitrogens with zero attached hydrogens (tertiary/aromatic N) is 4. The monoisotopic (exact) mass is 394 g/mol. The van der Waals surface area contributed by atoms with Crippen molar-refractivity contribution in [3.05, 3.63) is 75.8 Å². The number of hydrogen-bond acceptors (Lipinski definition) is 10. The Morgan fingerprint density at radius 2 is 0.786 bits per heavy atom. The van der Waals surface area contributed by atoms with Crippen molar-refractivity contribution in [3.8, 4) is 11.1 Å². The van der Waals surface area contributed by atoms with Crippen LogP contribution in [0, 0.1) is 40.5 Å². The smallest absolute Gasteiger partial charge is 0.285 e. The van der Waals surface area contributed by atoms with Gasteiger partial charge in [-0.3, -0.25) is 40.5 Å². The Bertz CT molecular complexity index is 868. The predicted molar refractivity (Wildman–Crippen MR) is 90.3 cm³/mol. The molecule has 0 unspecified atom stereocenters. The summed E-state index contributed by atoms with van der Waals surface area (Å²) < 4.78 is 0. The van der Waals surface area contributed by atoms with Gasteiger partial charge in [0.25, 0.3) is 22.7 Å². The van der Waals surface area contributed by atoms with Crippen molar-refractivity contribution < 1.29 is 29.9 Å². The molecule has 0 fully saturated rings. The van der Waals surface area contributed by atoms with E-state index in [9.17, 15) is 50.7 Å². The highest BCUT2D eigenvalue weighted by molar-refractivity contribution is 5.93. The number of benzene rings is 2. The number of nitro benzene ring substituents is 4. The van der Waals surface area contributed by atoms with Crippen molar-refractivity contribution in [3.63, 3.8) is 0 Å². The van der Waals surface area contributed by atoms with Crippen LogP contribution in [0.5, 0.6) is 0 Å². The molecule has 0 aliphatic heterocycles. The number of rotatable bonds is 7. The predicted octanol–water partition coefficient (Wildman–Crippen LogP) is 1.97. The highest BCUT2D eigenvalue weighted by Gasteiger charge is 2.38. The van der Waals surface area contributed by atoms with Crippen LogP contribution >= 0.6 is 0 Å². The van der Waals surface area contributed by atoms with Gasteiger partial charge in [-0.05, 0) is 11.1 Å². The van der Waals surface area contributed by atoms with Crippen molar-refractivity contribution in [2.45, 2.75) is 13.2 Å². The Balaban J connectivity index is 3.14. The van der Waals surface area contributed by atoms with Gasteiger partial charge >= 0.3 is 0 Å². The van der Waals surface area contributed by atoms with Gasteiger partial charge < -0.3 is 10.2 Å². The van der Waals surface area contributed by atoms with E-state index in [1.54, 1.807) is 0 Å². The molecule has 0 aliphatic carbocycles. The van der Waals surface area contributed by atoms with Gasteiger partial charge in [0.1, 0.15) is 0 Å². The molecule has 0 atom stereocenters. The van der Waals surface area contributed by atoms with Crippen LogP contribution in [0.3, 0.4) is 0 Å². The fourth-order valence-corrected chi connectivity index (χ4v) is 2.61. The number of aliphatic hydroxyl groups excluding tert-OH is 2. The molecule has 0 spiro atoms. The molecule has 0 saturated carbocycles. The van der Waals surface area contributed by atoms with Crippen LogP contribution in [0.15, 0.2) is 24.3 Å². The third-order valence-electron chi connectivity index (χ3n) is 3.71. The normalized spacial score (nSPS) is 10.5. The van der Waals surface area contributed by atoms with Gasteiger partial charge in [-0.25, -0.2) is 0 Å². The van der Waals surface area contributed by atoms with Crippen LogP contribution < -0.4 is 0 Å². The van der Waals surface area contributed by atoms with E-state index in [1.807, 2.05) is 0 Å². The summed E-state index contributed by atoms with van der Waals surface area (Å²) in [6.45, 7) is -1.62. The highest BCUT2D eigenvalue weighted by atomic mass is 16.6. The minimum Gasteiger partial charge on any atom is -0.392 e. The maximum absolute atomic E-state index is 11.4. The zero-order chi connectivity index (χ0) is 21.2. The molecule has 0 radical (unpaired) electrons. The summed E-state index contributed by atoms with van der Waals surface area (Å²) in [7, 11) is 0. The minimum absolute atomic E-state index is 0.237. The summed E-state index contributed by atoms with van der Waals surface area (Å²) in [6, 6.07) is 2.93. The molecule has 2 N–H and O–H groups in total. The minimum atomic E-state index is -1.10. The number of aliphatic hydroxyl groups is 2. The van der Waals surface area contributed by atoms with E-state index in [2.05, 4.69) is 0 Å².